The predicted molar refractivity (Wildman–Crippen MR) is 64.9 cm³/mol. The van der Waals surface area contributed by atoms with Crippen molar-refractivity contribution in [1.82, 2.24) is 10.5 Å². The van der Waals surface area contributed by atoms with E-state index in [1.165, 1.54) is 0 Å². The Labute approximate surface area is 104 Å². The molecule has 0 atom stereocenters. The molecule has 0 saturated carbocycles. The van der Waals surface area contributed by atoms with E-state index in [0.29, 0.717) is 18.1 Å². The highest BCUT2D eigenvalue weighted by Gasteiger charge is 2.03. The highest BCUT2D eigenvalue weighted by atomic mass is 35.5. The summed E-state index contributed by atoms with van der Waals surface area (Å²) in [6.45, 7) is 2.95. The Morgan fingerprint density at radius 1 is 1.35 bits per heavy atom. The van der Waals surface area contributed by atoms with Crippen LogP contribution < -0.4 is 5.32 Å². The van der Waals surface area contributed by atoms with E-state index in [1.807, 2.05) is 13.0 Å². The van der Waals surface area contributed by atoms with Crippen molar-refractivity contribution in [3.63, 3.8) is 0 Å². The van der Waals surface area contributed by atoms with Gasteiger partial charge in [-0.15, -0.1) is 0 Å². The quantitative estimate of drug-likeness (QED) is 0.878. The molecule has 0 bridgehead atoms. The number of rotatable bonds is 4. The smallest absolute Gasteiger partial charge is 0.150 e. The standard InChI is InChI=1S/C12H13ClN2O2/c1-8-4-11(17-15-8)7-14-6-9-5-10(13)2-3-12(9)16/h2-5,14,16H,6-7H2,1H3. The maximum atomic E-state index is 9.60. The minimum atomic E-state index is 0.232. The first-order valence-corrected chi connectivity index (χ1v) is 5.63. The summed E-state index contributed by atoms with van der Waals surface area (Å²) >= 11 is 5.85. The van der Waals surface area contributed by atoms with E-state index in [4.69, 9.17) is 16.1 Å². The van der Waals surface area contributed by atoms with Gasteiger partial charge in [-0.25, -0.2) is 0 Å². The van der Waals surface area contributed by atoms with E-state index < -0.39 is 0 Å². The molecule has 2 rings (SSSR count). The molecular weight excluding hydrogens is 240 g/mol. The van der Waals surface area contributed by atoms with Gasteiger partial charge in [-0.05, 0) is 25.1 Å². The van der Waals surface area contributed by atoms with Gasteiger partial charge in [-0.3, -0.25) is 0 Å². The van der Waals surface area contributed by atoms with E-state index >= 15 is 0 Å². The zero-order valence-corrected chi connectivity index (χ0v) is 10.2. The summed E-state index contributed by atoms with van der Waals surface area (Å²) in [6.07, 6.45) is 0. The maximum absolute atomic E-state index is 9.60. The number of phenols is 1. The molecule has 2 N–H and O–H groups in total. The van der Waals surface area contributed by atoms with Crippen molar-refractivity contribution in [3.8, 4) is 5.75 Å². The molecule has 0 unspecified atom stereocenters. The number of hydrogen-bond acceptors (Lipinski definition) is 4. The second-order valence-corrected chi connectivity index (χ2v) is 4.25. The minimum absolute atomic E-state index is 0.232. The van der Waals surface area contributed by atoms with Crippen molar-refractivity contribution in [2.45, 2.75) is 20.0 Å². The third-order valence-corrected chi connectivity index (χ3v) is 2.57. The molecule has 0 aliphatic rings. The number of aromatic hydroxyl groups is 1. The predicted octanol–water partition coefficient (Wildman–Crippen LogP) is 2.63. The monoisotopic (exact) mass is 252 g/mol. The van der Waals surface area contributed by atoms with Gasteiger partial charge in [0.25, 0.3) is 0 Å². The largest absolute Gasteiger partial charge is 0.508 e. The lowest BCUT2D eigenvalue weighted by molar-refractivity contribution is 0.368. The fourth-order valence-corrected chi connectivity index (χ4v) is 1.71. The molecule has 4 nitrogen and oxygen atoms in total. The number of aromatic nitrogens is 1. The Bertz CT molecular complexity index is 511. The van der Waals surface area contributed by atoms with Gasteiger partial charge in [-0.1, -0.05) is 16.8 Å². The van der Waals surface area contributed by atoms with Gasteiger partial charge in [0.1, 0.15) is 5.75 Å². The van der Waals surface area contributed by atoms with Gasteiger partial charge < -0.3 is 14.9 Å². The Balaban J connectivity index is 1.91. The van der Waals surface area contributed by atoms with Gasteiger partial charge in [0.05, 0.1) is 12.2 Å². The molecule has 90 valence electrons. The van der Waals surface area contributed by atoms with E-state index in [1.54, 1.807) is 18.2 Å². The summed E-state index contributed by atoms with van der Waals surface area (Å²) in [6, 6.07) is 6.83. The second kappa shape index (κ2) is 5.21. The average molecular weight is 253 g/mol. The number of phenolic OH excluding ortho intramolecular Hbond substituents is 1. The van der Waals surface area contributed by atoms with E-state index in [2.05, 4.69) is 10.5 Å². The summed E-state index contributed by atoms with van der Waals surface area (Å²) in [4.78, 5) is 0. The first-order chi connectivity index (χ1) is 8.15. The lowest BCUT2D eigenvalue weighted by Gasteiger charge is -2.05. The second-order valence-electron chi connectivity index (χ2n) is 3.81. The molecule has 1 aromatic carbocycles. The van der Waals surface area contributed by atoms with E-state index in [0.717, 1.165) is 17.0 Å². The first-order valence-electron chi connectivity index (χ1n) is 5.25. The van der Waals surface area contributed by atoms with E-state index in [9.17, 15) is 5.11 Å². The van der Waals surface area contributed by atoms with Crippen LogP contribution in [0.25, 0.3) is 0 Å². The molecule has 0 aliphatic heterocycles. The highest BCUT2D eigenvalue weighted by molar-refractivity contribution is 6.30. The van der Waals surface area contributed by atoms with Crippen LogP contribution in [0.4, 0.5) is 0 Å². The van der Waals surface area contributed by atoms with Gasteiger partial charge in [0.15, 0.2) is 5.76 Å². The number of benzene rings is 1. The number of nitrogens with zero attached hydrogens (tertiary/aromatic N) is 1. The summed E-state index contributed by atoms with van der Waals surface area (Å²) in [5, 5.41) is 17.1. The Kier molecular flexibility index (Phi) is 3.66. The van der Waals surface area contributed by atoms with Crippen LogP contribution in [0.2, 0.25) is 5.02 Å². The molecule has 0 aliphatic carbocycles. The average Bonchev–Trinajstić information content (AvgIpc) is 2.69. The highest BCUT2D eigenvalue weighted by Crippen LogP contribution is 2.21. The van der Waals surface area contributed by atoms with Crippen LogP contribution in [-0.2, 0) is 13.1 Å². The topological polar surface area (TPSA) is 58.3 Å². The van der Waals surface area contributed by atoms with Crippen molar-refractivity contribution in [2.24, 2.45) is 0 Å². The van der Waals surface area contributed by atoms with Gasteiger partial charge in [0.2, 0.25) is 0 Å². The summed E-state index contributed by atoms with van der Waals surface area (Å²) in [5.74, 6) is 1.000. The maximum Gasteiger partial charge on any atom is 0.150 e. The lowest BCUT2D eigenvalue weighted by atomic mass is 10.2. The van der Waals surface area contributed by atoms with Crippen molar-refractivity contribution < 1.29 is 9.63 Å². The van der Waals surface area contributed by atoms with Crippen LogP contribution in [0.5, 0.6) is 5.75 Å². The first kappa shape index (κ1) is 12.0. The molecule has 0 spiro atoms. The summed E-state index contributed by atoms with van der Waals surface area (Å²) in [7, 11) is 0. The van der Waals surface area contributed by atoms with Gasteiger partial charge in [-0.2, -0.15) is 0 Å². The van der Waals surface area contributed by atoms with Crippen molar-refractivity contribution in [3.05, 3.63) is 46.3 Å². The van der Waals surface area contributed by atoms with Crippen molar-refractivity contribution in [2.75, 3.05) is 0 Å². The molecule has 0 saturated heterocycles. The Hall–Kier alpha value is -1.52. The number of halogens is 1. The normalized spacial score (nSPS) is 10.7. The van der Waals surface area contributed by atoms with Gasteiger partial charge >= 0.3 is 0 Å². The number of nitrogens with one attached hydrogen (secondary N) is 1. The molecular formula is C12H13ClN2O2. The summed E-state index contributed by atoms with van der Waals surface area (Å²) < 4.78 is 5.06. The summed E-state index contributed by atoms with van der Waals surface area (Å²) in [5.41, 5.74) is 1.61. The van der Waals surface area contributed by atoms with Crippen molar-refractivity contribution in [1.29, 1.82) is 0 Å². The van der Waals surface area contributed by atoms with Crippen LogP contribution in [0.3, 0.4) is 0 Å². The third-order valence-electron chi connectivity index (χ3n) is 2.33. The lowest BCUT2D eigenvalue weighted by Crippen LogP contribution is -2.12. The fourth-order valence-electron chi connectivity index (χ4n) is 1.52. The molecule has 0 fully saturated rings. The zero-order valence-electron chi connectivity index (χ0n) is 9.40. The van der Waals surface area contributed by atoms with E-state index in [-0.39, 0.29) is 5.75 Å². The fraction of sp³-hybridized carbons (Fsp3) is 0.250. The minimum Gasteiger partial charge on any atom is -0.508 e. The molecule has 17 heavy (non-hydrogen) atoms. The van der Waals surface area contributed by atoms with Crippen LogP contribution in [0.15, 0.2) is 28.8 Å². The van der Waals surface area contributed by atoms with Gasteiger partial charge in [0, 0.05) is 23.2 Å². The zero-order chi connectivity index (χ0) is 12.3. The van der Waals surface area contributed by atoms with Crippen LogP contribution in [0.1, 0.15) is 17.0 Å². The Morgan fingerprint density at radius 2 is 2.18 bits per heavy atom. The molecule has 0 radical (unpaired) electrons. The molecule has 5 heteroatoms. The van der Waals surface area contributed by atoms with Crippen LogP contribution >= 0.6 is 11.6 Å². The molecule has 2 aromatic rings. The SMILES string of the molecule is Cc1cc(CNCc2cc(Cl)ccc2O)on1. The Morgan fingerprint density at radius 3 is 2.88 bits per heavy atom. The van der Waals surface area contributed by atoms with Crippen LogP contribution in [0, 0.1) is 6.92 Å². The van der Waals surface area contributed by atoms with Crippen molar-refractivity contribution >= 4 is 11.6 Å². The van der Waals surface area contributed by atoms with Crippen LogP contribution in [-0.4, -0.2) is 10.3 Å². The molecule has 1 aromatic heterocycles. The molecule has 0 amide bonds. The molecule has 1 heterocycles. The number of aryl methyl sites for hydroxylation is 1. The number of hydrogen-bond donors (Lipinski definition) is 2. The third kappa shape index (κ3) is 3.22.